The number of nitrogens with one attached hydrogen (secondary N) is 2. The Morgan fingerprint density at radius 3 is 2.57 bits per heavy atom. The molecule has 2 N–H and O–H groups in total. The minimum atomic E-state index is -0.802. The van der Waals surface area contributed by atoms with E-state index >= 15 is 0 Å². The minimum absolute atomic E-state index is 0.0656. The molecule has 0 fully saturated rings. The predicted molar refractivity (Wildman–Crippen MR) is 75.6 cm³/mol. The fourth-order valence-corrected chi connectivity index (χ4v) is 1.80. The van der Waals surface area contributed by atoms with Gasteiger partial charge in [0, 0.05) is 18.4 Å². The molecule has 0 aliphatic rings. The second-order valence-corrected chi connectivity index (χ2v) is 4.53. The fourth-order valence-electron chi connectivity index (χ4n) is 1.80. The number of carbonyl (C=O) groups is 1. The Bertz CT molecular complexity index is 599. The Morgan fingerprint density at radius 1 is 1.24 bits per heavy atom. The monoisotopic (exact) mass is 291 g/mol. The normalized spacial score (nSPS) is 12.0. The summed E-state index contributed by atoms with van der Waals surface area (Å²) >= 11 is 0. The molecule has 1 aromatic carbocycles. The van der Waals surface area contributed by atoms with Gasteiger partial charge in [-0.1, -0.05) is 12.1 Å². The van der Waals surface area contributed by atoms with Crippen molar-refractivity contribution in [1.29, 1.82) is 0 Å². The molecule has 0 saturated heterocycles. The van der Waals surface area contributed by atoms with Crippen LogP contribution >= 0.6 is 0 Å². The molecule has 0 unspecified atom stereocenters. The lowest BCUT2D eigenvalue weighted by Gasteiger charge is -2.14. The van der Waals surface area contributed by atoms with Crippen molar-refractivity contribution >= 4 is 11.6 Å². The molecule has 1 atom stereocenters. The first-order chi connectivity index (χ1) is 10.1. The summed E-state index contributed by atoms with van der Waals surface area (Å²) in [5.74, 6) is -2.12. The molecule has 0 bridgehead atoms. The van der Waals surface area contributed by atoms with E-state index in [1.54, 1.807) is 18.5 Å². The van der Waals surface area contributed by atoms with Crippen LogP contribution in [-0.2, 0) is 4.79 Å². The minimum Gasteiger partial charge on any atom is -0.320 e. The van der Waals surface area contributed by atoms with Crippen LogP contribution in [0.25, 0.3) is 0 Å². The highest BCUT2D eigenvalue weighted by Gasteiger charge is 2.13. The molecule has 2 rings (SSSR count). The van der Waals surface area contributed by atoms with E-state index in [9.17, 15) is 13.6 Å². The van der Waals surface area contributed by atoms with Gasteiger partial charge in [0.25, 0.3) is 0 Å². The first kappa shape index (κ1) is 15.1. The van der Waals surface area contributed by atoms with Gasteiger partial charge in [0.2, 0.25) is 5.91 Å². The fraction of sp³-hybridized carbons (Fsp3) is 0.200. The van der Waals surface area contributed by atoms with Crippen LogP contribution in [0.2, 0.25) is 0 Å². The van der Waals surface area contributed by atoms with Gasteiger partial charge in [0.05, 0.1) is 6.54 Å². The molecule has 6 heteroatoms. The molecule has 1 aromatic heterocycles. The lowest BCUT2D eigenvalue weighted by Crippen LogP contribution is -2.30. The number of halogens is 2. The van der Waals surface area contributed by atoms with Crippen molar-refractivity contribution in [3.05, 3.63) is 59.9 Å². The van der Waals surface area contributed by atoms with Gasteiger partial charge in [-0.15, -0.1) is 0 Å². The summed E-state index contributed by atoms with van der Waals surface area (Å²) in [6.45, 7) is 1.80. The highest BCUT2D eigenvalue weighted by atomic mass is 19.1. The highest BCUT2D eigenvalue weighted by molar-refractivity contribution is 5.92. The topological polar surface area (TPSA) is 54.0 Å². The summed E-state index contributed by atoms with van der Waals surface area (Å²) in [6.07, 6.45) is 3.34. The number of benzene rings is 1. The van der Waals surface area contributed by atoms with Gasteiger partial charge < -0.3 is 10.6 Å². The summed E-state index contributed by atoms with van der Waals surface area (Å²) in [4.78, 5) is 15.7. The number of para-hydroxylation sites is 1. The molecule has 2 aromatic rings. The van der Waals surface area contributed by atoms with Gasteiger partial charge in [-0.2, -0.15) is 0 Å². The molecule has 0 saturated carbocycles. The van der Waals surface area contributed by atoms with E-state index in [1.165, 1.54) is 6.07 Å². The molecule has 0 aliphatic heterocycles. The van der Waals surface area contributed by atoms with Crippen molar-refractivity contribution in [1.82, 2.24) is 10.3 Å². The largest absolute Gasteiger partial charge is 0.320 e. The molecule has 4 nitrogen and oxygen atoms in total. The number of aromatic nitrogens is 1. The lowest BCUT2D eigenvalue weighted by atomic mass is 10.1. The van der Waals surface area contributed by atoms with Crippen LogP contribution in [0.1, 0.15) is 18.5 Å². The van der Waals surface area contributed by atoms with E-state index in [2.05, 4.69) is 15.6 Å². The van der Waals surface area contributed by atoms with E-state index in [4.69, 9.17) is 0 Å². The van der Waals surface area contributed by atoms with Crippen LogP contribution in [0.15, 0.2) is 42.7 Å². The average molecular weight is 291 g/mol. The number of nitrogens with zero attached hydrogens (tertiary/aromatic N) is 1. The number of pyridine rings is 1. The second kappa shape index (κ2) is 6.90. The molecule has 1 heterocycles. The van der Waals surface area contributed by atoms with Gasteiger partial charge in [0.15, 0.2) is 0 Å². The van der Waals surface area contributed by atoms with E-state index in [0.717, 1.165) is 17.7 Å². The number of hydrogen-bond donors (Lipinski definition) is 2. The Hall–Kier alpha value is -2.34. The van der Waals surface area contributed by atoms with Gasteiger partial charge in [-0.3, -0.25) is 9.78 Å². The second-order valence-electron chi connectivity index (χ2n) is 4.53. The third-order valence-electron chi connectivity index (χ3n) is 2.98. The highest BCUT2D eigenvalue weighted by Crippen LogP contribution is 2.17. The van der Waals surface area contributed by atoms with Crippen LogP contribution in [0.5, 0.6) is 0 Å². The third-order valence-corrected chi connectivity index (χ3v) is 2.98. The SMILES string of the molecule is C[C@H](NCC(=O)Nc1c(F)cccc1F)c1cccnc1. The van der Waals surface area contributed by atoms with Gasteiger partial charge in [-0.05, 0) is 30.7 Å². The number of hydrogen-bond acceptors (Lipinski definition) is 3. The van der Waals surface area contributed by atoms with Crippen LogP contribution in [0.3, 0.4) is 0 Å². The maximum Gasteiger partial charge on any atom is 0.238 e. The third kappa shape index (κ3) is 4.06. The van der Waals surface area contributed by atoms with Crippen molar-refractivity contribution in [3.63, 3.8) is 0 Å². The van der Waals surface area contributed by atoms with E-state index in [0.29, 0.717) is 0 Å². The van der Waals surface area contributed by atoms with Gasteiger partial charge in [0.1, 0.15) is 17.3 Å². The molecular weight excluding hydrogens is 276 g/mol. The van der Waals surface area contributed by atoms with Crippen LogP contribution in [0, 0.1) is 11.6 Å². The number of rotatable bonds is 5. The molecule has 0 aliphatic carbocycles. The quantitative estimate of drug-likeness (QED) is 0.890. The smallest absolute Gasteiger partial charge is 0.238 e. The molecular formula is C15H15F2N3O. The molecule has 110 valence electrons. The van der Waals surface area contributed by atoms with Gasteiger partial charge in [-0.25, -0.2) is 8.78 Å². The summed E-state index contributed by atoms with van der Waals surface area (Å²) in [5, 5.41) is 5.18. The van der Waals surface area contributed by atoms with E-state index in [1.807, 2.05) is 13.0 Å². The number of carbonyl (C=O) groups excluding carboxylic acids is 1. The molecule has 0 radical (unpaired) electrons. The molecule has 0 spiro atoms. The molecule has 1 amide bonds. The van der Waals surface area contributed by atoms with Crippen molar-refractivity contribution in [2.24, 2.45) is 0 Å². The first-order valence-electron chi connectivity index (χ1n) is 6.45. The zero-order valence-corrected chi connectivity index (χ0v) is 11.4. The van der Waals surface area contributed by atoms with Crippen molar-refractivity contribution < 1.29 is 13.6 Å². The van der Waals surface area contributed by atoms with E-state index in [-0.39, 0.29) is 12.6 Å². The number of anilines is 1. The summed E-state index contributed by atoms with van der Waals surface area (Å²) in [7, 11) is 0. The Kier molecular flexibility index (Phi) is 4.94. The summed E-state index contributed by atoms with van der Waals surface area (Å²) in [6, 6.07) is 6.98. The van der Waals surface area contributed by atoms with Crippen LogP contribution in [0.4, 0.5) is 14.5 Å². The Morgan fingerprint density at radius 2 is 1.95 bits per heavy atom. The first-order valence-corrected chi connectivity index (χ1v) is 6.45. The average Bonchev–Trinajstić information content (AvgIpc) is 2.49. The predicted octanol–water partition coefficient (Wildman–Crippen LogP) is 2.65. The van der Waals surface area contributed by atoms with Gasteiger partial charge >= 0.3 is 0 Å². The van der Waals surface area contributed by atoms with Crippen LogP contribution in [-0.4, -0.2) is 17.4 Å². The zero-order valence-electron chi connectivity index (χ0n) is 11.4. The van der Waals surface area contributed by atoms with Crippen molar-refractivity contribution in [3.8, 4) is 0 Å². The van der Waals surface area contributed by atoms with Crippen molar-refractivity contribution in [2.75, 3.05) is 11.9 Å². The lowest BCUT2D eigenvalue weighted by molar-refractivity contribution is -0.115. The maximum absolute atomic E-state index is 13.4. The maximum atomic E-state index is 13.4. The van der Waals surface area contributed by atoms with Crippen molar-refractivity contribution in [2.45, 2.75) is 13.0 Å². The Labute approximate surface area is 121 Å². The summed E-state index contributed by atoms with van der Waals surface area (Å²) in [5.41, 5.74) is 0.487. The Balaban J connectivity index is 1.91. The van der Waals surface area contributed by atoms with E-state index < -0.39 is 23.2 Å². The molecule has 21 heavy (non-hydrogen) atoms. The standard InChI is InChI=1S/C15H15F2N3O/c1-10(11-4-3-7-18-8-11)19-9-14(21)20-15-12(16)5-2-6-13(15)17/h2-8,10,19H,9H2,1H3,(H,20,21)/t10-/m0/s1. The number of amides is 1. The van der Waals surface area contributed by atoms with Crippen LogP contribution < -0.4 is 10.6 Å². The zero-order chi connectivity index (χ0) is 15.2. The summed E-state index contributed by atoms with van der Waals surface area (Å²) < 4.78 is 26.8.